The Morgan fingerprint density at radius 3 is 2.38 bits per heavy atom. The molecule has 1 fully saturated rings. The summed E-state index contributed by atoms with van der Waals surface area (Å²) in [5.74, 6) is 2.30. The SMILES string of the molecule is COc1ccc(NC(=S)N2CCC[C@@H]2c2ccc(OC)c(OC)c2)cc1. The zero-order valence-electron chi connectivity index (χ0n) is 15.3. The number of thiocarbonyl (C=S) groups is 1. The molecule has 0 unspecified atom stereocenters. The van der Waals surface area contributed by atoms with Gasteiger partial charge in [-0.3, -0.25) is 0 Å². The number of nitrogens with one attached hydrogen (secondary N) is 1. The number of likely N-dealkylation sites (tertiary alicyclic amines) is 1. The fourth-order valence-corrected chi connectivity index (χ4v) is 3.62. The number of methoxy groups -OCH3 is 3. The lowest BCUT2D eigenvalue weighted by molar-refractivity contribution is 0.351. The van der Waals surface area contributed by atoms with E-state index in [2.05, 4.69) is 16.3 Å². The van der Waals surface area contributed by atoms with Gasteiger partial charge in [0.15, 0.2) is 16.6 Å². The Kier molecular flexibility index (Phi) is 5.83. The molecule has 1 N–H and O–H groups in total. The highest BCUT2D eigenvalue weighted by molar-refractivity contribution is 7.80. The standard InChI is InChI=1S/C20H24N2O3S/c1-23-16-9-7-15(8-10-16)21-20(26)22-12-4-5-17(22)14-6-11-18(24-2)19(13-14)25-3/h6-11,13,17H,4-5,12H2,1-3H3,(H,21,26)/t17-/m1/s1. The van der Waals surface area contributed by atoms with Gasteiger partial charge in [-0.15, -0.1) is 0 Å². The Bertz CT molecular complexity index is 764. The van der Waals surface area contributed by atoms with Crippen LogP contribution in [0.1, 0.15) is 24.4 Å². The smallest absolute Gasteiger partial charge is 0.173 e. The number of benzene rings is 2. The molecule has 0 amide bonds. The molecule has 0 radical (unpaired) electrons. The van der Waals surface area contributed by atoms with Gasteiger partial charge in [0.05, 0.1) is 27.4 Å². The fourth-order valence-electron chi connectivity index (χ4n) is 3.29. The average molecular weight is 372 g/mol. The molecule has 0 saturated carbocycles. The average Bonchev–Trinajstić information content (AvgIpc) is 3.18. The van der Waals surface area contributed by atoms with Crippen LogP contribution in [0.3, 0.4) is 0 Å². The summed E-state index contributed by atoms with van der Waals surface area (Å²) < 4.78 is 16.0. The highest BCUT2D eigenvalue weighted by Gasteiger charge is 2.28. The van der Waals surface area contributed by atoms with Crippen molar-refractivity contribution in [3.8, 4) is 17.2 Å². The Hall–Kier alpha value is -2.47. The topological polar surface area (TPSA) is 43.0 Å². The molecule has 138 valence electrons. The van der Waals surface area contributed by atoms with Crippen molar-refractivity contribution in [3.05, 3.63) is 48.0 Å². The third-order valence-corrected chi connectivity index (χ3v) is 4.98. The molecule has 5 nitrogen and oxygen atoms in total. The summed E-state index contributed by atoms with van der Waals surface area (Å²) in [6, 6.07) is 14.1. The van der Waals surface area contributed by atoms with Gasteiger partial charge in [-0.05, 0) is 67.0 Å². The van der Waals surface area contributed by atoms with Crippen molar-refractivity contribution in [1.29, 1.82) is 0 Å². The second-order valence-corrected chi connectivity index (χ2v) is 6.51. The van der Waals surface area contributed by atoms with Gasteiger partial charge in [-0.1, -0.05) is 6.07 Å². The van der Waals surface area contributed by atoms with E-state index in [0.29, 0.717) is 0 Å². The molecule has 0 bridgehead atoms. The molecule has 0 spiro atoms. The van der Waals surface area contributed by atoms with E-state index >= 15 is 0 Å². The lowest BCUT2D eigenvalue weighted by Gasteiger charge is -2.28. The number of nitrogens with zero attached hydrogens (tertiary/aromatic N) is 1. The molecule has 1 aliphatic heterocycles. The van der Waals surface area contributed by atoms with Crippen molar-refractivity contribution < 1.29 is 14.2 Å². The Balaban J connectivity index is 1.75. The first-order valence-electron chi connectivity index (χ1n) is 8.60. The van der Waals surface area contributed by atoms with Gasteiger partial charge in [0.2, 0.25) is 0 Å². The first-order valence-corrected chi connectivity index (χ1v) is 9.00. The minimum absolute atomic E-state index is 0.230. The predicted octanol–water partition coefficient (Wildman–Crippen LogP) is 4.25. The zero-order valence-corrected chi connectivity index (χ0v) is 16.1. The largest absolute Gasteiger partial charge is 0.497 e. The first-order chi connectivity index (χ1) is 12.7. The maximum Gasteiger partial charge on any atom is 0.173 e. The summed E-state index contributed by atoms with van der Waals surface area (Å²) in [7, 11) is 4.96. The van der Waals surface area contributed by atoms with E-state index in [1.807, 2.05) is 36.4 Å². The maximum atomic E-state index is 5.67. The van der Waals surface area contributed by atoms with Crippen LogP contribution in [0.25, 0.3) is 0 Å². The molecule has 1 heterocycles. The molecule has 1 atom stereocenters. The summed E-state index contributed by atoms with van der Waals surface area (Å²) in [5.41, 5.74) is 2.13. The highest BCUT2D eigenvalue weighted by atomic mass is 32.1. The molecular weight excluding hydrogens is 348 g/mol. The Morgan fingerprint density at radius 1 is 1.00 bits per heavy atom. The second-order valence-electron chi connectivity index (χ2n) is 6.12. The molecule has 3 rings (SSSR count). The summed E-state index contributed by atoms with van der Waals surface area (Å²) in [5, 5.41) is 4.06. The van der Waals surface area contributed by atoms with Gasteiger partial charge in [0, 0.05) is 12.2 Å². The summed E-state index contributed by atoms with van der Waals surface area (Å²) in [6.45, 7) is 0.932. The molecule has 0 aliphatic carbocycles. The van der Waals surface area contributed by atoms with Gasteiger partial charge in [-0.2, -0.15) is 0 Å². The van der Waals surface area contributed by atoms with Crippen LogP contribution in [-0.4, -0.2) is 37.9 Å². The van der Waals surface area contributed by atoms with E-state index < -0.39 is 0 Å². The van der Waals surface area contributed by atoms with Gasteiger partial charge in [0.1, 0.15) is 5.75 Å². The van der Waals surface area contributed by atoms with Gasteiger partial charge < -0.3 is 24.4 Å². The van der Waals surface area contributed by atoms with Crippen LogP contribution in [0.5, 0.6) is 17.2 Å². The molecule has 26 heavy (non-hydrogen) atoms. The molecule has 1 saturated heterocycles. The molecular formula is C20H24N2O3S. The summed E-state index contributed by atoms with van der Waals surface area (Å²) >= 11 is 5.67. The lowest BCUT2D eigenvalue weighted by atomic mass is 10.0. The van der Waals surface area contributed by atoms with E-state index in [9.17, 15) is 0 Å². The van der Waals surface area contributed by atoms with Crippen LogP contribution in [0.2, 0.25) is 0 Å². The number of hydrogen-bond acceptors (Lipinski definition) is 4. The third-order valence-electron chi connectivity index (χ3n) is 4.65. The van der Waals surface area contributed by atoms with Crippen LogP contribution in [-0.2, 0) is 0 Å². The minimum Gasteiger partial charge on any atom is -0.497 e. The van der Waals surface area contributed by atoms with E-state index in [1.54, 1.807) is 21.3 Å². The third kappa shape index (κ3) is 3.85. The monoisotopic (exact) mass is 372 g/mol. The molecule has 6 heteroatoms. The highest BCUT2D eigenvalue weighted by Crippen LogP contribution is 2.37. The van der Waals surface area contributed by atoms with Gasteiger partial charge in [-0.25, -0.2) is 0 Å². The quantitative estimate of drug-likeness (QED) is 0.792. The van der Waals surface area contributed by atoms with Crippen LogP contribution in [0.4, 0.5) is 5.69 Å². The fraction of sp³-hybridized carbons (Fsp3) is 0.350. The van der Waals surface area contributed by atoms with Crippen molar-refractivity contribution in [2.75, 3.05) is 33.2 Å². The van der Waals surface area contributed by atoms with Crippen LogP contribution in [0.15, 0.2) is 42.5 Å². The number of rotatable bonds is 5. The number of ether oxygens (including phenoxy) is 3. The van der Waals surface area contributed by atoms with Crippen molar-refractivity contribution in [1.82, 2.24) is 4.90 Å². The minimum atomic E-state index is 0.230. The van der Waals surface area contributed by atoms with Gasteiger partial charge >= 0.3 is 0 Å². The van der Waals surface area contributed by atoms with Crippen molar-refractivity contribution in [2.24, 2.45) is 0 Å². The molecule has 2 aromatic carbocycles. The summed E-state index contributed by atoms with van der Waals surface area (Å²) in [4.78, 5) is 2.24. The van der Waals surface area contributed by atoms with E-state index in [4.69, 9.17) is 26.4 Å². The predicted molar refractivity (Wildman–Crippen MR) is 107 cm³/mol. The zero-order chi connectivity index (χ0) is 18.5. The summed E-state index contributed by atoms with van der Waals surface area (Å²) in [6.07, 6.45) is 2.16. The molecule has 2 aromatic rings. The van der Waals surface area contributed by atoms with Crippen LogP contribution < -0.4 is 19.5 Å². The van der Waals surface area contributed by atoms with E-state index in [-0.39, 0.29) is 6.04 Å². The van der Waals surface area contributed by atoms with Crippen LogP contribution >= 0.6 is 12.2 Å². The van der Waals surface area contributed by atoms with E-state index in [1.165, 1.54) is 5.56 Å². The van der Waals surface area contributed by atoms with E-state index in [0.717, 1.165) is 47.4 Å². The number of hydrogen-bond donors (Lipinski definition) is 1. The normalized spacial score (nSPS) is 16.3. The lowest BCUT2D eigenvalue weighted by Crippen LogP contribution is -2.34. The Morgan fingerprint density at radius 2 is 1.73 bits per heavy atom. The Labute approximate surface area is 159 Å². The maximum absolute atomic E-state index is 5.67. The molecule has 0 aromatic heterocycles. The molecule has 1 aliphatic rings. The van der Waals surface area contributed by atoms with Gasteiger partial charge in [0.25, 0.3) is 0 Å². The van der Waals surface area contributed by atoms with Crippen molar-refractivity contribution in [3.63, 3.8) is 0 Å². The second kappa shape index (κ2) is 8.27. The number of anilines is 1. The first kappa shape index (κ1) is 18.3. The van der Waals surface area contributed by atoms with Crippen molar-refractivity contribution >= 4 is 23.0 Å². The van der Waals surface area contributed by atoms with Crippen molar-refractivity contribution in [2.45, 2.75) is 18.9 Å². The van der Waals surface area contributed by atoms with Crippen LogP contribution in [0, 0.1) is 0 Å².